The Bertz CT molecular complexity index is 130. The number of hydrogen-bond donors (Lipinski definition) is 1. The summed E-state index contributed by atoms with van der Waals surface area (Å²) in [4.78, 5) is 1.97. The molecule has 0 radical (unpaired) electrons. The minimum atomic E-state index is -0.811. The molecule has 1 N–H and O–H groups in total. The summed E-state index contributed by atoms with van der Waals surface area (Å²) < 4.78 is 0. The number of β-amino-alcohol motifs (C(OH)–C–C–N with tert-alkyl or cyclic N) is 1. The van der Waals surface area contributed by atoms with Crippen LogP contribution in [-0.4, -0.2) is 35.7 Å². The number of aliphatic hydroxyl groups is 1. The molecule has 1 saturated heterocycles. The summed E-state index contributed by atoms with van der Waals surface area (Å²) >= 11 is 0. The summed E-state index contributed by atoms with van der Waals surface area (Å²) in [6.45, 7) is 1.23. The molecule has 1 heterocycles. The molecule has 0 aromatic rings. The molecule has 0 saturated carbocycles. The average molecular weight is 111 g/mol. The first-order valence-corrected chi connectivity index (χ1v) is 2.55. The Morgan fingerprint density at radius 2 is 2.25 bits per heavy atom. The lowest BCUT2D eigenvalue weighted by Crippen LogP contribution is -2.58. The summed E-state index contributed by atoms with van der Waals surface area (Å²) in [6.07, 6.45) is 5.00. The number of likely N-dealkylation sites (tertiary alicyclic amines) is 1. The fourth-order valence-electron chi connectivity index (χ4n) is 0.938. The SMILES string of the molecule is C#CC1(O)CN(C)C1. The predicted octanol–water partition coefficient (Wildman–Crippen LogP) is -0.704. The third-order valence-electron chi connectivity index (χ3n) is 1.33. The molecule has 0 unspecified atom stereocenters. The van der Waals surface area contributed by atoms with Gasteiger partial charge in [-0.15, -0.1) is 6.42 Å². The average Bonchev–Trinajstić information content (AvgIpc) is 1.63. The van der Waals surface area contributed by atoms with E-state index in [0.29, 0.717) is 13.1 Å². The Hall–Kier alpha value is -0.520. The van der Waals surface area contributed by atoms with Crippen molar-refractivity contribution in [2.45, 2.75) is 5.60 Å². The lowest BCUT2D eigenvalue weighted by atomic mass is 9.97. The number of rotatable bonds is 0. The first-order chi connectivity index (χ1) is 3.66. The molecule has 0 atom stereocenters. The van der Waals surface area contributed by atoms with Gasteiger partial charge in [-0.3, -0.25) is 4.90 Å². The summed E-state index contributed by atoms with van der Waals surface area (Å²) in [7, 11) is 1.92. The van der Waals surface area contributed by atoms with E-state index in [2.05, 4.69) is 5.92 Å². The van der Waals surface area contributed by atoms with Crippen molar-refractivity contribution in [3.05, 3.63) is 0 Å². The van der Waals surface area contributed by atoms with Crippen LogP contribution in [0.4, 0.5) is 0 Å². The van der Waals surface area contributed by atoms with Gasteiger partial charge in [0.05, 0.1) is 0 Å². The van der Waals surface area contributed by atoms with Crippen LogP contribution in [0.1, 0.15) is 0 Å². The second-order valence-corrected chi connectivity index (χ2v) is 2.35. The fraction of sp³-hybridized carbons (Fsp3) is 0.667. The molecule has 0 bridgehead atoms. The highest BCUT2D eigenvalue weighted by Gasteiger charge is 2.36. The first-order valence-electron chi connectivity index (χ1n) is 2.55. The molecule has 1 fully saturated rings. The van der Waals surface area contributed by atoms with Crippen LogP contribution in [0.2, 0.25) is 0 Å². The second kappa shape index (κ2) is 1.48. The van der Waals surface area contributed by atoms with Crippen LogP contribution < -0.4 is 0 Å². The first kappa shape index (κ1) is 5.61. The van der Waals surface area contributed by atoms with Crippen molar-refractivity contribution < 1.29 is 5.11 Å². The van der Waals surface area contributed by atoms with Crippen molar-refractivity contribution in [1.29, 1.82) is 0 Å². The van der Waals surface area contributed by atoms with E-state index >= 15 is 0 Å². The number of terminal acetylenes is 1. The number of likely N-dealkylation sites (N-methyl/N-ethyl adjacent to an activating group) is 1. The summed E-state index contributed by atoms with van der Waals surface area (Å²) in [5.74, 6) is 2.32. The van der Waals surface area contributed by atoms with Crippen LogP contribution in [0.5, 0.6) is 0 Å². The Kier molecular flexibility index (Phi) is 1.04. The molecule has 44 valence electrons. The van der Waals surface area contributed by atoms with Crippen LogP contribution in [-0.2, 0) is 0 Å². The maximum absolute atomic E-state index is 9.11. The molecular formula is C6H9NO. The normalized spacial score (nSPS) is 26.1. The van der Waals surface area contributed by atoms with Gasteiger partial charge in [0.2, 0.25) is 0 Å². The molecule has 1 aliphatic rings. The van der Waals surface area contributed by atoms with Gasteiger partial charge >= 0.3 is 0 Å². The Balaban J connectivity index is 2.44. The van der Waals surface area contributed by atoms with E-state index in [0.717, 1.165) is 0 Å². The molecule has 0 amide bonds. The topological polar surface area (TPSA) is 23.5 Å². The van der Waals surface area contributed by atoms with Crippen LogP contribution in [0.15, 0.2) is 0 Å². The Morgan fingerprint density at radius 3 is 2.38 bits per heavy atom. The van der Waals surface area contributed by atoms with Crippen molar-refractivity contribution in [2.75, 3.05) is 20.1 Å². The van der Waals surface area contributed by atoms with Gasteiger partial charge in [0, 0.05) is 13.1 Å². The van der Waals surface area contributed by atoms with Crippen molar-refractivity contribution >= 4 is 0 Å². The van der Waals surface area contributed by atoms with E-state index in [1.807, 2.05) is 11.9 Å². The molecule has 1 aliphatic heterocycles. The van der Waals surface area contributed by atoms with Crippen molar-refractivity contribution in [2.24, 2.45) is 0 Å². The third kappa shape index (κ3) is 0.706. The lowest BCUT2D eigenvalue weighted by Gasteiger charge is -2.40. The maximum atomic E-state index is 9.11. The van der Waals surface area contributed by atoms with Gasteiger partial charge in [-0.2, -0.15) is 0 Å². The Morgan fingerprint density at radius 1 is 1.75 bits per heavy atom. The quantitative estimate of drug-likeness (QED) is 0.418. The standard InChI is InChI=1S/C6H9NO/c1-3-6(8)4-7(2)5-6/h1,8H,4-5H2,2H3. The van der Waals surface area contributed by atoms with Crippen molar-refractivity contribution in [3.8, 4) is 12.3 Å². The minimum Gasteiger partial charge on any atom is -0.375 e. The highest BCUT2D eigenvalue weighted by atomic mass is 16.3. The summed E-state index contributed by atoms with van der Waals surface area (Å²) in [5, 5.41) is 9.11. The zero-order valence-electron chi connectivity index (χ0n) is 4.89. The van der Waals surface area contributed by atoms with Gasteiger partial charge in [-0.25, -0.2) is 0 Å². The highest BCUT2D eigenvalue weighted by Crippen LogP contribution is 2.16. The van der Waals surface area contributed by atoms with Gasteiger partial charge in [0.1, 0.15) is 5.60 Å². The second-order valence-electron chi connectivity index (χ2n) is 2.35. The number of nitrogens with zero attached hydrogens (tertiary/aromatic N) is 1. The van der Waals surface area contributed by atoms with Crippen LogP contribution in [0.25, 0.3) is 0 Å². The lowest BCUT2D eigenvalue weighted by molar-refractivity contribution is -0.0387. The summed E-state index contributed by atoms with van der Waals surface area (Å²) in [5.41, 5.74) is -0.811. The molecule has 0 aromatic carbocycles. The van der Waals surface area contributed by atoms with Crippen molar-refractivity contribution in [3.63, 3.8) is 0 Å². The van der Waals surface area contributed by atoms with Crippen LogP contribution in [0.3, 0.4) is 0 Å². The summed E-state index contributed by atoms with van der Waals surface area (Å²) in [6, 6.07) is 0. The molecule has 2 nitrogen and oxygen atoms in total. The monoisotopic (exact) mass is 111 g/mol. The third-order valence-corrected chi connectivity index (χ3v) is 1.33. The van der Waals surface area contributed by atoms with E-state index in [-0.39, 0.29) is 0 Å². The van der Waals surface area contributed by atoms with E-state index in [1.165, 1.54) is 0 Å². The Labute approximate surface area is 49.1 Å². The molecule has 0 aliphatic carbocycles. The molecule has 8 heavy (non-hydrogen) atoms. The molecule has 1 rings (SSSR count). The van der Waals surface area contributed by atoms with Crippen LogP contribution >= 0.6 is 0 Å². The van der Waals surface area contributed by atoms with Gasteiger partial charge in [0.15, 0.2) is 0 Å². The van der Waals surface area contributed by atoms with Gasteiger partial charge in [-0.1, -0.05) is 5.92 Å². The van der Waals surface area contributed by atoms with Gasteiger partial charge < -0.3 is 5.11 Å². The molecule has 0 spiro atoms. The fourth-order valence-corrected chi connectivity index (χ4v) is 0.938. The van der Waals surface area contributed by atoms with Gasteiger partial charge in [-0.05, 0) is 7.05 Å². The largest absolute Gasteiger partial charge is 0.375 e. The van der Waals surface area contributed by atoms with Crippen LogP contribution in [0, 0.1) is 12.3 Å². The van der Waals surface area contributed by atoms with Gasteiger partial charge in [0.25, 0.3) is 0 Å². The zero-order chi connectivity index (χ0) is 6.20. The van der Waals surface area contributed by atoms with Crippen molar-refractivity contribution in [1.82, 2.24) is 4.90 Å². The van der Waals surface area contributed by atoms with E-state index in [1.54, 1.807) is 0 Å². The zero-order valence-corrected chi connectivity index (χ0v) is 4.89. The minimum absolute atomic E-state index is 0.615. The molecular weight excluding hydrogens is 102 g/mol. The van der Waals surface area contributed by atoms with E-state index in [4.69, 9.17) is 11.5 Å². The highest BCUT2D eigenvalue weighted by molar-refractivity contribution is 5.15. The maximum Gasteiger partial charge on any atom is 0.150 e. The number of hydrogen-bond acceptors (Lipinski definition) is 2. The molecule has 2 heteroatoms. The predicted molar refractivity (Wildman–Crippen MR) is 31.3 cm³/mol. The van der Waals surface area contributed by atoms with E-state index < -0.39 is 5.60 Å². The smallest absolute Gasteiger partial charge is 0.150 e. The van der Waals surface area contributed by atoms with E-state index in [9.17, 15) is 0 Å². The molecule has 0 aromatic heterocycles.